The van der Waals surface area contributed by atoms with Crippen LogP contribution in [-0.2, 0) is 4.79 Å². The first kappa shape index (κ1) is 15.7. The molecule has 17 heavy (non-hydrogen) atoms. The highest BCUT2D eigenvalue weighted by molar-refractivity contribution is 5.81. The topological polar surface area (TPSA) is 65.5 Å². The fraction of sp³-hybridized carbons (Fsp3) is 0.833. The summed E-state index contributed by atoms with van der Waals surface area (Å²) in [5, 5.41) is 9.17. The Morgan fingerprint density at radius 3 is 2.47 bits per heavy atom. The molecule has 5 heteroatoms. The lowest BCUT2D eigenvalue weighted by Gasteiger charge is -2.13. The van der Waals surface area contributed by atoms with Crippen LogP contribution in [0.15, 0.2) is 4.99 Å². The lowest BCUT2D eigenvalue weighted by Crippen LogP contribution is -2.41. The molecule has 0 aliphatic rings. The van der Waals surface area contributed by atoms with Crippen LogP contribution in [0.3, 0.4) is 0 Å². The van der Waals surface area contributed by atoms with E-state index in [2.05, 4.69) is 34.8 Å². The zero-order valence-electron chi connectivity index (χ0n) is 11.5. The zero-order valence-corrected chi connectivity index (χ0v) is 11.5. The summed E-state index contributed by atoms with van der Waals surface area (Å²) in [7, 11) is 0. The smallest absolute Gasteiger partial charge is 0.221 e. The van der Waals surface area contributed by atoms with Gasteiger partial charge in [-0.25, -0.2) is 0 Å². The third-order valence-electron chi connectivity index (χ3n) is 1.95. The van der Waals surface area contributed by atoms with Gasteiger partial charge in [0.05, 0.1) is 6.54 Å². The second-order valence-corrected chi connectivity index (χ2v) is 4.16. The Kier molecular flexibility index (Phi) is 9.19. The molecule has 100 valence electrons. The van der Waals surface area contributed by atoms with Crippen LogP contribution in [0.4, 0.5) is 0 Å². The molecular formula is C12H26N4O. The van der Waals surface area contributed by atoms with Crippen molar-refractivity contribution in [3.05, 3.63) is 0 Å². The third-order valence-corrected chi connectivity index (χ3v) is 1.95. The van der Waals surface area contributed by atoms with Crippen molar-refractivity contribution >= 4 is 11.9 Å². The first-order valence-corrected chi connectivity index (χ1v) is 6.41. The number of nitrogens with one attached hydrogen (secondary N) is 3. The fourth-order valence-corrected chi connectivity index (χ4v) is 1.22. The average molecular weight is 242 g/mol. The van der Waals surface area contributed by atoms with Gasteiger partial charge >= 0.3 is 0 Å². The van der Waals surface area contributed by atoms with Gasteiger partial charge in [-0.15, -0.1) is 0 Å². The average Bonchev–Trinajstić information content (AvgIpc) is 2.25. The molecule has 0 aromatic rings. The maximum atomic E-state index is 11.3. The summed E-state index contributed by atoms with van der Waals surface area (Å²) in [4.78, 5) is 15.7. The molecule has 0 aromatic carbocycles. The Labute approximate surface area is 104 Å². The van der Waals surface area contributed by atoms with Crippen molar-refractivity contribution in [2.24, 2.45) is 4.99 Å². The molecular weight excluding hydrogens is 216 g/mol. The van der Waals surface area contributed by atoms with E-state index in [-0.39, 0.29) is 5.91 Å². The van der Waals surface area contributed by atoms with Crippen LogP contribution in [0.2, 0.25) is 0 Å². The molecule has 0 aliphatic heterocycles. The summed E-state index contributed by atoms with van der Waals surface area (Å²) < 4.78 is 0. The van der Waals surface area contributed by atoms with Gasteiger partial charge in [0.1, 0.15) is 0 Å². The van der Waals surface area contributed by atoms with Crippen molar-refractivity contribution < 1.29 is 4.79 Å². The summed E-state index contributed by atoms with van der Waals surface area (Å²) >= 11 is 0. The predicted octanol–water partition coefficient (Wildman–Crippen LogP) is 0.866. The van der Waals surface area contributed by atoms with Crippen LogP contribution in [-0.4, -0.2) is 37.5 Å². The molecule has 0 radical (unpaired) electrons. The van der Waals surface area contributed by atoms with Crippen LogP contribution in [0.5, 0.6) is 0 Å². The maximum Gasteiger partial charge on any atom is 0.221 e. The van der Waals surface area contributed by atoms with E-state index in [1.807, 2.05) is 13.8 Å². The lowest BCUT2D eigenvalue weighted by atomic mass is 10.4. The van der Waals surface area contributed by atoms with Gasteiger partial charge in [-0.2, -0.15) is 0 Å². The Morgan fingerprint density at radius 2 is 1.94 bits per heavy atom. The van der Waals surface area contributed by atoms with Crippen LogP contribution in [0.1, 0.15) is 40.5 Å². The minimum atomic E-state index is 0.0657. The molecule has 0 saturated heterocycles. The van der Waals surface area contributed by atoms with Crippen molar-refractivity contribution in [3.8, 4) is 0 Å². The Bertz CT molecular complexity index is 239. The van der Waals surface area contributed by atoms with Crippen molar-refractivity contribution in [2.45, 2.75) is 46.6 Å². The summed E-state index contributed by atoms with van der Waals surface area (Å²) in [5.41, 5.74) is 0. The molecule has 0 bridgehead atoms. The molecule has 5 nitrogen and oxygen atoms in total. The number of aliphatic imine (C=N–C) groups is 1. The van der Waals surface area contributed by atoms with E-state index in [1.165, 1.54) is 0 Å². The molecule has 3 N–H and O–H groups in total. The van der Waals surface area contributed by atoms with Crippen LogP contribution in [0.25, 0.3) is 0 Å². The van der Waals surface area contributed by atoms with E-state index in [1.54, 1.807) is 0 Å². The van der Waals surface area contributed by atoms with Gasteiger partial charge in [0.15, 0.2) is 5.96 Å². The highest BCUT2D eigenvalue weighted by Crippen LogP contribution is 1.85. The molecule has 1 amide bonds. The number of hydrogen-bond donors (Lipinski definition) is 3. The molecule has 0 spiro atoms. The highest BCUT2D eigenvalue weighted by Gasteiger charge is 2.01. The fourth-order valence-electron chi connectivity index (χ4n) is 1.22. The van der Waals surface area contributed by atoms with E-state index in [9.17, 15) is 4.79 Å². The van der Waals surface area contributed by atoms with Crippen LogP contribution in [0, 0.1) is 0 Å². The molecule has 0 aliphatic carbocycles. The summed E-state index contributed by atoms with van der Waals surface area (Å²) in [6, 6.07) is 0.335. The second-order valence-electron chi connectivity index (χ2n) is 4.16. The van der Waals surface area contributed by atoms with Gasteiger partial charge in [-0.3, -0.25) is 9.79 Å². The van der Waals surface area contributed by atoms with Gasteiger partial charge in [-0.05, 0) is 27.2 Å². The SMILES string of the molecule is CCCNC(=O)CCN=C(NCC)NC(C)C. The number of guanidine groups is 1. The first-order chi connectivity index (χ1) is 8.10. The van der Waals surface area contributed by atoms with Gasteiger partial charge in [0, 0.05) is 25.6 Å². The predicted molar refractivity (Wildman–Crippen MR) is 72.2 cm³/mol. The van der Waals surface area contributed by atoms with Gasteiger partial charge in [0.2, 0.25) is 5.91 Å². The van der Waals surface area contributed by atoms with Gasteiger partial charge < -0.3 is 16.0 Å². The summed E-state index contributed by atoms with van der Waals surface area (Å²) in [6.45, 7) is 10.2. The van der Waals surface area contributed by atoms with E-state index in [4.69, 9.17) is 0 Å². The molecule has 0 aromatic heterocycles. The zero-order chi connectivity index (χ0) is 13.1. The normalized spacial score (nSPS) is 11.5. The number of amides is 1. The van der Waals surface area contributed by atoms with E-state index in [0.717, 1.165) is 25.5 Å². The molecule has 0 unspecified atom stereocenters. The van der Waals surface area contributed by atoms with Crippen molar-refractivity contribution in [3.63, 3.8) is 0 Å². The first-order valence-electron chi connectivity index (χ1n) is 6.41. The number of rotatable bonds is 7. The number of nitrogens with zero attached hydrogens (tertiary/aromatic N) is 1. The minimum absolute atomic E-state index is 0.0657. The third kappa shape index (κ3) is 9.66. The number of carbonyl (C=O) groups excluding carboxylic acids is 1. The molecule has 0 fully saturated rings. The maximum absolute atomic E-state index is 11.3. The molecule has 0 rings (SSSR count). The van der Waals surface area contributed by atoms with Crippen LogP contribution < -0.4 is 16.0 Å². The summed E-state index contributed by atoms with van der Waals surface area (Å²) in [6.07, 6.45) is 1.40. The Balaban J connectivity index is 3.94. The Hall–Kier alpha value is -1.26. The van der Waals surface area contributed by atoms with E-state index >= 15 is 0 Å². The van der Waals surface area contributed by atoms with Gasteiger partial charge in [-0.1, -0.05) is 6.92 Å². The molecule has 0 heterocycles. The largest absolute Gasteiger partial charge is 0.357 e. The summed E-state index contributed by atoms with van der Waals surface area (Å²) in [5.74, 6) is 0.835. The minimum Gasteiger partial charge on any atom is -0.357 e. The van der Waals surface area contributed by atoms with E-state index in [0.29, 0.717) is 19.0 Å². The van der Waals surface area contributed by atoms with Crippen molar-refractivity contribution in [2.75, 3.05) is 19.6 Å². The van der Waals surface area contributed by atoms with Gasteiger partial charge in [0.25, 0.3) is 0 Å². The molecule has 0 saturated carbocycles. The monoisotopic (exact) mass is 242 g/mol. The molecule has 0 atom stereocenters. The quantitative estimate of drug-likeness (QED) is 0.458. The standard InChI is InChI=1S/C12H26N4O/c1-5-8-14-11(17)7-9-15-12(13-6-2)16-10(3)4/h10H,5-9H2,1-4H3,(H,14,17)(H2,13,15,16). The van der Waals surface area contributed by atoms with Crippen molar-refractivity contribution in [1.82, 2.24) is 16.0 Å². The number of carbonyl (C=O) groups is 1. The highest BCUT2D eigenvalue weighted by atomic mass is 16.1. The van der Waals surface area contributed by atoms with Crippen LogP contribution >= 0.6 is 0 Å². The van der Waals surface area contributed by atoms with E-state index < -0.39 is 0 Å². The van der Waals surface area contributed by atoms with Crippen molar-refractivity contribution in [1.29, 1.82) is 0 Å². The number of hydrogen-bond acceptors (Lipinski definition) is 2. The second kappa shape index (κ2) is 9.93. The lowest BCUT2D eigenvalue weighted by molar-refractivity contribution is -0.120. The Morgan fingerprint density at radius 1 is 1.24 bits per heavy atom.